The van der Waals surface area contributed by atoms with Crippen LogP contribution in [-0.4, -0.2) is 43.1 Å². The summed E-state index contributed by atoms with van der Waals surface area (Å²) in [5, 5.41) is 19.8. The molecule has 2 N–H and O–H groups in total. The number of aliphatic hydroxyl groups excluding tert-OH is 2. The Labute approximate surface area is 111 Å². The van der Waals surface area contributed by atoms with Crippen molar-refractivity contribution in [3.63, 3.8) is 0 Å². The zero-order valence-corrected chi connectivity index (χ0v) is 11.1. The van der Waals surface area contributed by atoms with Gasteiger partial charge in [-0.2, -0.15) is 0 Å². The standard InChI is InChI=1S/C13H18O6/c1-4-19-13(16)12(15)11(14)9-7-8(17-2)5-6-10(9)18-3/h5-7,11-12,14-15H,4H2,1-3H3. The number of carbonyl (C=O) groups is 1. The first-order chi connectivity index (χ1) is 9.04. The molecular weight excluding hydrogens is 252 g/mol. The molecule has 2 unspecified atom stereocenters. The molecule has 1 rings (SSSR count). The lowest BCUT2D eigenvalue weighted by molar-refractivity contribution is -0.159. The first kappa shape index (κ1) is 15.3. The van der Waals surface area contributed by atoms with E-state index in [1.165, 1.54) is 20.3 Å². The SMILES string of the molecule is CCOC(=O)C(O)C(O)c1cc(OC)ccc1OC. The molecular formula is C13H18O6. The van der Waals surface area contributed by atoms with Crippen LogP contribution in [0.25, 0.3) is 0 Å². The highest BCUT2D eigenvalue weighted by Gasteiger charge is 2.29. The molecule has 0 radical (unpaired) electrons. The quantitative estimate of drug-likeness (QED) is 0.739. The minimum Gasteiger partial charge on any atom is -0.497 e. The van der Waals surface area contributed by atoms with Crippen molar-refractivity contribution in [2.45, 2.75) is 19.1 Å². The van der Waals surface area contributed by atoms with Gasteiger partial charge in [0, 0.05) is 5.56 Å². The lowest BCUT2D eigenvalue weighted by Crippen LogP contribution is -2.30. The molecule has 0 aliphatic rings. The van der Waals surface area contributed by atoms with Gasteiger partial charge in [-0.3, -0.25) is 0 Å². The van der Waals surface area contributed by atoms with E-state index in [0.717, 1.165) is 0 Å². The third-order valence-corrected chi connectivity index (χ3v) is 2.58. The summed E-state index contributed by atoms with van der Waals surface area (Å²) in [4.78, 5) is 11.4. The predicted molar refractivity (Wildman–Crippen MR) is 67.1 cm³/mol. The number of benzene rings is 1. The van der Waals surface area contributed by atoms with Crippen molar-refractivity contribution in [2.24, 2.45) is 0 Å². The molecule has 19 heavy (non-hydrogen) atoms. The van der Waals surface area contributed by atoms with Gasteiger partial charge < -0.3 is 24.4 Å². The van der Waals surface area contributed by atoms with E-state index in [2.05, 4.69) is 4.74 Å². The molecule has 0 aliphatic heterocycles. The fourth-order valence-corrected chi connectivity index (χ4v) is 1.60. The average molecular weight is 270 g/mol. The maximum Gasteiger partial charge on any atom is 0.338 e. The molecule has 2 atom stereocenters. The minimum absolute atomic E-state index is 0.123. The van der Waals surface area contributed by atoms with Crippen molar-refractivity contribution in [1.29, 1.82) is 0 Å². The summed E-state index contributed by atoms with van der Waals surface area (Å²) in [6.45, 7) is 1.74. The van der Waals surface area contributed by atoms with Crippen LogP contribution >= 0.6 is 0 Å². The summed E-state index contributed by atoms with van der Waals surface area (Å²) in [7, 11) is 2.90. The van der Waals surface area contributed by atoms with Crippen LogP contribution in [0.1, 0.15) is 18.6 Å². The third-order valence-electron chi connectivity index (χ3n) is 2.58. The molecule has 106 valence electrons. The Morgan fingerprint density at radius 2 is 1.95 bits per heavy atom. The number of ether oxygens (including phenoxy) is 3. The smallest absolute Gasteiger partial charge is 0.338 e. The molecule has 6 nitrogen and oxygen atoms in total. The molecule has 0 aliphatic carbocycles. The fraction of sp³-hybridized carbons (Fsp3) is 0.462. The lowest BCUT2D eigenvalue weighted by atomic mass is 10.0. The monoisotopic (exact) mass is 270 g/mol. The van der Waals surface area contributed by atoms with Crippen LogP contribution in [0, 0.1) is 0 Å². The minimum atomic E-state index is -1.68. The maximum atomic E-state index is 11.4. The molecule has 0 saturated heterocycles. The maximum absolute atomic E-state index is 11.4. The van der Waals surface area contributed by atoms with Gasteiger partial charge in [0.15, 0.2) is 6.10 Å². The lowest BCUT2D eigenvalue weighted by Gasteiger charge is -2.19. The van der Waals surface area contributed by atoms with E-state index in [-0.39, 0.29) is 12.2 Å². The molecule has 0 fully saturated rings. The number of aliphatic hydroxyl groups is 2. The number of esters is 1. The molecule has 1 aromatic carbocycles. The predicted octanol–water partition coefficient (Wildman–Crippen LogP) is 0.661. The highest BCUT2D eigenvalue weighted by Crippen LogP contribution is 2.31. The topological polar surface area (TPSA) is 85.2 Å². The van der Waals surface area contributed by atoms with Crippen LogP contribution < -0.4 is 9.47 Å². The summed E-state index contributed by atoms with van der Waals surface area (Å²) in [5.74, 6) is -0.0672. The Morgan fingerprint density at radius 1 is 1.26 bits per heavy atom. The van der Waals surface area contributed by atoms with Crippen molar-refractivity contribution in [3.05, 3.63) is 23.8 Å². The molecule has 6 heteroatoms. The van der Waals surface area contributed by atoms with Gasteiger partial charge in [0.2, 0.25) is 0 Å². The van der Waals surface area contributed by atoms with Crippen LogP contribution in [0.2, 0.25) is 0 Å². The van der Waals surface area contributed by atoms with Crippen LogP contribution in [0.3, 0.4) is 0 Å². The van der Waals surface area contributed by atoms with Crippen LogP contribution in [0.5, 0.6) is 11.5 Å². The van der Waals surface area contributed by atoms with E-state index >= 15 is 0 Å². The van der Waals surface area contributed by atoms with Gasteiger partial charge in [-0.05, 0) is 25.1 Å². The Kier molecular flexibility index (Phi) is 5.59. The van der Waals surface area contributed by atoms with E-state index in [4.69, 9.17) is 9.47 Å². The summed E-state index contributed by atoms with van der Waals surface area (Å²) in [5.41, 5.74) is 0.252. The van der Waals surface area contributed by atoms with Crippen molar-refractivity contribution in [3.8, 4) is 11.5 Å². The average Bonchev–Trinajstić information content (AvgIpc) is 2.45. The van der Waals surface area contributed by atoms with Gasteiger partial charge in [-0.25, -0.2) is 4.79 Å². The Hall–Kier alpha value is -1.79. The van der Waals surface area contributed by atoms with Crippen molar-refractivity contribution < 1.29 is 29.2 Å². The summed E-state index contributed by atoms with van der Waals surface area (Å²) in [6, 6.07) is 4.72. The second kappa shape index (κ2) is 6.96. The fourth-order valence-electron chi connectivity index (χ4n) is 1.60. The van der Waals surface area contributed by atoms with Gasteiger partial charge >= 0.3 is 5.97 Å². The van der Waals surface area contributed by atoms with Crippen LogP contribution in [0.4, 0.5) is 0 Å². The second-order valence-corrected chi connectivity index (χ2v) is 3.75. The van der Waals surface area contributed by atoms with Gasteiger partial charge in [0.25, 0.3) is 0 Å². The number of hydrogen-bond donors (Lipinski definition) is 2. The zero-order chi connectivity index (χ0) is 14.4. The highest BCUT2D eigenvalue weighted by molar-refractivity contribution is 5.75. The van der Waals surface area contributed by atoms with E-state index in [1.807, 2.05) is 0 Å². The van der Waals surface area contributed by atoms with E-state index in [9.17, 15) is 15.0 Å². The van der Waals surface area contributed by atoms with Crippen LogP contribution in [-0.2, 0) is 9.53 Å². The number of hydrogen-bond acceptors (Lipinski definition) is 6. The van der Waals surface area contributed by atoms with Crippen LogP contribution in [0.15, 0.2) is 18.2 Å². The number of methoxy groups -OCH3 is 2. The second-order valence-electron chi connectivity index (χ2n) is 3.75. The normalized spacial score (nSPS) is 13.5. The molecule has 0 spiro atoms. The molecule has 0 aromatic heterocycles. The zero-order valence-electron chi connectivity index (χ0n) is 11.1. The highest BCUT2D eigenvalue weighted by atomic mass is 16.5. The summed E-state index contributed by atoms with van der Waals surface area (Å²) in [6.07, 6.45) is -3.13. The summed E-state index contributed by atoms with van der Waals surface area (Å²) >= 11 is 0. The molecule has 0 heterocycles. The number of rotatable bonds is 6. The van der Waals surface area contributed by atoms with Crippen molar-refractivity contribution in [1.82, 2.24) is 0 Å². The molecule has 1 aromatic rings. The Morgan fingerprint density at radius 3 is 2.47 bits per heavy atom. The molecule has 0 bridgehead atoms. The van der Waals surface area contributed by atoms with E-state index in [1.54, 1.807) is 19.1 Å². The molecule has 0 saturated carbocycles. The Bertz CT molecular complexity index is 431. The van der Waals surface area contributed by atoms with Crippen molar-refractivity contribution in [2.75, 3.05) is 20.8 Å². The van der Waals surface area contributed by atoms with Gasteiger partial charge in [-0.1, -0.05) is 0 Å². The van der Waals surface area contributed by atoms with Gasteiger partial charge in [0.1, 0.15) is 17.6 Å². The number of carbonyl (C=O) groups excluding carboxylic acids is 1. The first-order valence-electron chi connectivity index (χ1n) is 5.79. The summed E-state index contributed by atoms with van der Waals surface area (Å²) < 4.78 is 14.8. The molecule has 0 amide bonds. The van der Waals surface area contributed by atoms with E-state index in [0.29, 0.717) is 11.5 Å². The van der Waals surface area contributed by atoms with Crippen molar-refractivity contribution >= 4 is 5.97 Å². The largest absolute Gasteiger partial charge is 0.497 e. The van der Waals surface area contributed by atoms with Gasteiger partial charge in [-0.15, -0.1) is 0 Å². The Balaban J connectivity index is 3.02. The third kappa shape index (κ3) is 3.59. The van der Waals surface area contributed by atoms with E-state index < -0.39 is 18.2 Å². The first-order valence-corrected chi connectivity index (χ1v) is 5.79. The van der Waals surface area contributed by atoms with Gasteiger partial charge in [0.05, 0.1) is 20.8 Å².